The van der Waals surface area contributed by atoms with Crippen molar-refractivity contribution in [2.75, 3.05) is 5.75 Å². The smallest absolute Gasteiger partial charge is 0.102 e. The molecule has 0 unspecified atom stereocenters. The molecular weight excluding hydrogens is 172 g/mol. The summed E-state index contributed by atoms with van der Waals surface area (Å²) in [4.78, 5) is 0. The van der Waals surface area contributed by atoms with E-state index in [0.717, 1.165) is 0 Å². The maximum atomic E-state index is 2.52. The molecular formula is C7H20SSi2. The average Bonchev–Trinajstić information content (AvgIpc) is 1.61. The Kier molecular flexibility index (Phi) is 3.72. The molecule has 62 valence electrons. The molecule has 0 radical (unpaired) electrons. The Hall–Kier alpha value is 0.784. The van der Waals surface area contributed by atoms with Crippen LogP contribution in [0.15, 0.2) is 0 Å². The molecule has 0 aliphatic rings. The van der Waals surface area contributed by atoms with Gasteiger partial charge in [-0.25, -0.2) is 0 Å². The Morgan fingerprint density at radius 3 is 1.50 bits per heavy atom. The average molecular weight is 192 g/mol. The van der Waals surface area contributed by atoms with E-state index in [4.69, 9.17) is 0 Å². The van der Waals surface area contributed by atoms with Crippen molar-refractivity contribution in [3.8, 4) is 0 Å². The van der Waals surface area contributed by atoms with E-state index in [-0.39, 0.29) is 0 Å². The van der Waals surface area contributed by atoms with Crippen molar-refractivity contribution in [2.45, 2.75) is 39.7 Å². The molecule has 0 spiro atoms. The summed E-state index contributed by atoms with van der Waals surface area (Å²) in [5.74, 6) is 1.31. The predicted molar refractivity (Wildman–Crippen MR) is 59.0 cm³/mol. The first-order valence-corrected chi connectivity index (χ1v) is 13.2. The van der Waals surface area contributed by atoms with E-state index in [2.05, 4.69) is 50.9 Å². The lowest BCUT2D eigenvalue weighted by Crippen LogP contribution is -2.49. The van der Waals surface area contributed by atoms with Crippen molar-refractivity contribution in [1.29, 1.82) is 0 Å². The zero-order chi connectivity index (χ0) is 8.41. The number of hydrogen-bond acceptors (Lipinski definition) is 1. The molecule has 0 aliphatic heterocycles. The molecule has 0 amide bonds. The highest BCUT2D eigenvalue weighted by molar-refractivity contribution is 8.35. The highest BCUT2D eigenvalue weighted by Crippen LogP contribution is 2.29. The van der Waals surface area contributed by atoms with Gasteiger partial charge in [0.05, 0.1) is 7.59 Å². The normalized spacial score (nSPS) is 13.8. The zero-order valence-corrected chi connectivity index (χ0v) is 10.9. The summed E-state index contributed by atoms with van der Waals surface area (Å²) in [6.45, 7) is 14.0. The maximum absolute atomic E-state index is 2.52. The largest absolute Gasteiger partial charge is 0.189 e. The van der Waals surface area contributed by atoms with Gasteiger partial charge in [0.1, 0.15) is 6.74 Å². The standard InChI is InChI=1S/C7H20SSi2/c1-7-8-10(5,6)9(2,3)4/h7H2,1-6H3. The van der Waals surface area contributed by atoms with Crippen LogP contribution < -0.4 is 0 Å². The van der Waals surface area contributed by atoms with Crippen LogP contribution in [0.3, 0.4) is 0 Å². The molecule has 0 saturated carbocycles. The van der Waals surface area contributed by atoms with Crippen LogP contribution >= 0.6 is 11.2 Å². The molecule has 10 heavy (non-hydrogen) atoms. The first-order valence-electron chi connectivity index (χ1n) is 3.95. The second-order valence-corrected chi connectivity index (χ2v) is 25.8. The Labute approximate surface area is 71.2 Å². The van der Waals surface area contributed by atoms with Gasteiger partial charge in [0.2, 0.25) is 0 Å². The monoisotopic (exact) mass is 192 g/mol. The van der Waals surface area contributed by atoms with Crippen molar-refractivity contribution >= 4 is 25.5 Å². The van der Waals surface area contributed by atoms with Crippen LogP contribution in [0.25, 0.3) is 0 Å². The molecule has 0 rings (SSSR count). The lowest BCUT2D eigenvalue weighted by atomic mass is 11.0. The summed E-state index contributed by atoms with van der Waals surface area (Å²) in [5, 5.41) is 0. The van der Waals surface area contributed by atoms with Crippen LogP contribution in [0.1, 0.15) is 6.92 Å². The third-order valence-corrected chi connectivity index (χ3v) is 27.6. The summed E-state index contributed by atoms with van der Waals surface area (Å²) in [6, 6.07) is 0. The molecule has 0 saturated heterocycles. The van der Waals surface area contributed by atoms with Gasteiger partial charge < -0.3 is 0 Å². The lowest BCUT2D eigenvalue weighted by molar-refractivity contribution is 1.54. The minimum atomic E-state index is -0.849. The predicted octanol–water partition coefficient (Wildman–Crippen LogP) is 3.36. The summed E-state index contributed by atoms with van der Waals surface area (Å²) in [7, 11) is -0.804. The minimum Gasteiger partial charge on any atom is -0.189 e. The Bertz CT molecular complexity index is 105. The molecule has 0 heterocycles. The van der Waals surface area contributed by atoms with Crippen molar-refractivity contribution in [3.05, 3.63) is 0 Å². The summed E-state index contributed by atoms with van der Waals surface area (Å²) in [5.41, 5.74) is 0. The maximum Gasteiger partial charge on any atom is 0.102 e. The van der Waals surface area contributed by atoms with Crippen molar-refractivity contribution in [3.63, 3.8) is 0 Å². The molecule has 0 atom stereocenters. The highest BCUT2D eigenvalue weighted by Gasteiger charge is 2.36. The van der Waals surface area contributed by atoms with Crippen LogP contribution in [0, 0.1) is 0 Å². The van der Waals surface area contributed by atoms with Crippen LogP contribution in [-0.4, -0.2) is 20.1 Å². The number of rotatable bonds is 3. The molecule has 0 aromatic rings. The SMILES string of the molecule is CCS[Si](C)(C)[Si](C)(C)C. The second-order valence-electron chi connectivity index (χ2n) is 4.19. The Morgan fingerprint density at radius 1 is 1.00 bits per heavy atom. The minimum absolute atomic E-state index is 0.804. The van der Waals surface area contributed by atoms with E-state index < -0.39 is 14.3 Å². The van der Waals surface area contributed by atoms with E-state index in [9.17, 15) is 0 Å². The molecule has 0 aromatic heterocycles. The Balaban J connectivity index is 4.10. The fourth-order valence-corrected chi connectivity index (χ4v) is 10.4. The van der Waals surface area contributed by atoms with Gasteiger partial charge in [0, 0.05) is 0 Å². The quantitative estimate of drug-likeness (QED) is 0.618. The first-order chi connectivity index (χ1) is 4.31. The van der Waals surface area contributed by atoms with Gasteiger partial charge in [-0.3, -0.25) is 0 Å². The van der Waals surface area contributed by atoms with Gasteiger partial charge in [-0.15, -0.1) is 0 Å². The molecule has 0 bridgehead atoms. The third kappa shape index (κ3) is 2.80. The van der Waals surface area contributed by atoms with Crippen molar-refractivity contribution < 1.29 is 0 Å². The lowest BCUT2D eigenvalue weighted by Gasteiger charge is -2.34. The molecule has 0 fully saturated rings. The van der Waals surface area contributed by atoms with Crippen LogP contribution in [-0.2, 0) is 0 Å². The van der Waals surface area contributed by atoms with E-state index >= 15 is 0 Å². The van der Waals surface area contributed by atoms with Crippen LogP contribution in [0.4, 0.5) is 0 Å². The van der Waals surface area contributed by atoms with E-state index in [1.165, 1.54) is 5.75 Å². The van der Waals surface area contributed by atoms with E-state index in [1.807, 2.05) is 0 Å². The first kappa shape index (κ1) is 10.8. The van der Waals surface area contributed by atoms with E-state index in [1.54, 1.807) is 0 Å². The van der Waals surface area contributed by atoms with E-state index in [0.29, 0.717) is 0 Å². The zero-order valence-electron chi connectivity index (χ0n) is 8.12. The fourth-order valence-electron chi connectivity index (χ4n) is 0.577. The van der Waals surface area contributed by atoms with Crippen LogP contribution in [0.2, 0.25) is 32.7 Å². The second kappa shape index (κ2) is 3.45. The molecule has 0 N–H and O–H groups in total. The summed E-state index contributed by atoms with van der Waals surface area (Å²) in [6.07, 6.45) is 0. The van der Waals surface area contributed by atoms with Gasteiger partial charge >= 0.3 is 0 Å². The number of hydrogen-bond donors (Lipinski definition) is 0. The van der Waals surface area contributed by atoms with Crippen molar-refractivity contribution in [2.24, 2.45) is 0 Å². The highest BCUT2D eigenvalue weighted by atomic mass is 32.4. The van der Waals surface area contributed by atoms with Gasteiger partial charge in [0.15, 0.2) is 0 Å². The van der Waals surface area contributed by atoms with Crippen molar-refractivity contribution in [1.82, 2.24) is 0 Å². The molecule has 0 aliphatic carbocycles. The molecule has 0 aromatic carbocycles. The van der Waals surface area contributed by atoms with Gasteiger partial charge in [-0.1, -0.05) is 39.7 Å². The molecule has 0 nitrogen and oxygen atoms in total. The van der Waals surface area contributed by atoms with Crippen LogP contribution in [0.5, 0.6) is 0 Å². The van der Waals surface area contributed by atoms with Gasteiger partial charge in [0.25, 0.3) is 0 Å². The summed E-state index contributed by atoms with van der Waals surface area (Å²) < 4.78 is 0. The fraction of sp³-hybridized carbons (Fsp3) is 1.00. The Morgan fingerprint density at radius 2 is 1.40 bits per heavy atom. The molecule has 3 heteroatoms. The van der Waals surface area contributed by atoms with Gasteiger partial charge in [-0.05, 0) is 5.75 Å². The van der Waals surface area contributed by atoms with Gasteiger partial charge in [-0.2, -0.15) is 11.2 Å². The third-order valence-electron chi connectivity index (χ3n) is 2.31. The topological polar surface area (TPSA) is 0 Å². The summed E-state index contributed by atoms with van der Waals surface area (Å²) >= 11 is 2.24.